The maximum absolute atomic E-state index is 12.8. The normalized spacial score (nSPS) is 16.5. The van der Waals surface area contributed by atoms with Gasteiger partial charge in [-0.3, -0.25) is 14.9 Å². The fraction of sp³-hybridized carbons (Fsp3) is 0.250. The van der Waals surface area contributed by atoms with Crippen molar-refractivity contribution in [3.63, 3.8) is 0 Å². The van der Waals surface area contributed by atoms with Gasteiger partial charge >= 0.3 is 0 Å². The number of hydrogen-bond donors (Lipinski definition) is 1. The van der Waals surface area contributed by atoms with E-state index in [1.807, 2.05) is 0 Å². The lowest BCUT2D eigenvalue weighted by Crippen LogP contribution is -2.51. The zero-order chi connectivity index (χ0) is 10.8. The first kappa shape index (κ1) is 9.50. The van der Waals surface area contributed by atoms with E-state index >= 15 is 0 Å². The largest absolute Gasteiger partial charge is 0.338 e. The van der Waals surface area contributed by atoms with E-state index < -0.39 is 17.8 Å². The first-order valence-electron chi connectivity index (χ1n) is 4.20. The monoisotopic (exact) mass is 210 g/mol. The maximum Gasteiger partial charge on any atom is 0.246 e. The number of hydrogen-bond acceptors (Lipinski definition) is 5. The Morgan fingerprint density at radius 1 is 1.27 bits per heavy atom. The fourth-order valence-corrected chi connectivity index (χ4v) is 1.30. The fourth-order valence-electron chi connectivity index (χ4n) is 1.30. The second-order valence-electron chi connectivity index (χ2n) is 3.03. The van der Waals surface area contributed by atoms with Crippen molar-refractivity contribution >= 4 is 17.6 Å². The van der Waals surface area contributed by atoms with E-state index in [1.54, 1.807) is 0 Å². The highest BCUT2D eigenvalue weighted by molar-refractivity contribution is 6.02. The molecule has 15 heavy (non-hydrogen) atoms. The minimum Gasteiger partial charge on any atom is -0.338 e. The number of aromatic nitrogens is 2. The minimum absolute atomic E-state index is 0.0117. The van der Waals surface area contributed by atoms with E-state index in [0.717, 1.165) is 12.4 Å². The first-order valence-corrected chi connectivity index (χ1v) is 4.20. The third-order valence-electron chi connectivity index (χ3n) is 1.89. The summed E-state index contributed by atoms with van der Waals surface area (Å²) in [6.45, 7) is -0.0234. The van der Waals surface area contributed by atoms with Crippen molar-refractivity contribution in [2.24, 2.45) is 0 Å². The van der Waals surface area contributed by atoms with Gasteiger partial charge in [0.2, 0.25) is 17.8 Å². The van der Waals surface area contributed by atoms with Crippen molar-refractivity contribution in [2.45, 2.75) is 0 Å². The number of nitrogens with zero attached hydrogens (tertiary/aromatic N) is 3. The van der Waals surface area contributed by atoms with Gasteiger partial charge in [-0.1, -0.05) is 0 Å². The Morgan fingerprint density at radius 2 is 1.93 bits per heavy atom. The number of rotatable bonds is 1. The third-order valence-corrected chi connectivity index (χ3v) is 1.89. The maximum atomic E-state index is 12.8. The molecule has 1 aromatic heterocycles. The van der Waals surface area contributed by atoms with Crippen LogP contribution in [0.15, 0.2) is 12.4 Å². The summed E-state index contributed by atoms with van der Waals surface area (Å²) in [4.78, 5) is 30.5. The summed E-state index contributed by atoms with van der Waals surface area (Å²) >= 11 is 0. The SMILES string of the molecule is O=C1CN(c2cc(F)ncn2)CC(=O)N1. The lowest BCUT2D eigenvalue weighted by Gasteiger charge is -2.25. The van der Waals surface area contributed by atoms with Gasteiger partial charge in [0.1, 0.15) is 12.1 Å². The molecule has 0 radical (unpaired) electrons. The number of halogens is 1. The molecule has 78 valence electrons. The summed E-state index contributed by atoms with van der Waals surface area (Å²) in [5.74, 6) is -1.32. The zero-order valence-electron chi connectivity index (χ0n) is 7.61. The number of carbonyl (C=O) groups excluding carboxylic acids is 2. The van der Waals surface area contributed by atoms with Gasteiger partial charge in [0.25, 0.3) is 0 Å². The average Bonchev–Trinajstić information content (AvgIpc) is 2.16. The van der Waals surface area contributed by atoms with Crippen molar-refractivity contribution in [1.29, 1.82) is 0 Å². The number of carbonyl (C=O) groups is 2. The van der Waals surface area contributed by atoms with Crippen LogP contribution < -0.4 is 10.2 Å². The Hall–Kier alpha value is -2.05. The Bertz CT molecular complexity index is 407. The molecule has 0 aliphatic carbocycles. The molecule has 7 heteroatoms. The molecule has 0 spiro atoms. The Balaban J connectivity index is 2.23. The molecule has 2 rings (SSSR count). The molecule has 2 heterocycles. The van der Waals surface area contributed by atoms with Gasteiger partial charge in [-0.05, 0) is 0 Å². The van der Waals surface area contributed by atoms with Crippen LogP contribution in [0.5, 0.6) is 0 Å². The van der Waals surface area contributed by atoms with Crippen LogP contribution in [0.2, 0.25) is 0 Å². The summed E-state index contributed by atoms with van der Waals surface area (Å²) in [5, 5.41) is 2.14. The van der Waals surface area contributed by atoms with Crippen molar-refractivity contribution in [3.8, 4) is 0 Å². The molecule has 0 unspecified atom stereocenters. The Labute approximate surface area is 84.1 Å². The van der Waals surface area contributed by atoms with Gasteiger partial charge in [0.15, 0.2) is 0 Å². The van der Waals surface area contributed by atoms with Crippen molar-refractivity contribution in [3.05, 3.63) is 18.3 Å². The molecule has 1 aliphatic rings. The highest BCUT2D eigenvalue weighted by atomic mass is 19.1. The second-order valence-corrected chi connectivity index (χ2v) is 3.03. The molecule has 1 saturated heterocycles. The predicted octanol–water partition coefficient (Wildman–Crippen LogP) is -0.922. The van der Waals surface area contributed by atoms with E-state index in [0.29, 0.717) is 0 Å². The summed E-state index contributed by atoms with van der Waals surface area (Å²) in [7, 11) is 0. The molecule has 0 aromatic carbocycles. The van der Waals surface area contributed by atoms with Crippen LogP contribution in [0.4, 0.5) is 10.2 Å². The molecule has 6 nitrogen and oxygen atoms in total. The van der Waals surface area contributed by atoms with Gasteiger partial charge in [0, 0.05) is 6.07 Å². The number of anilines is 1. The van der Waals surface area contributed by atoms with E-state index in [4.69, 9.17) is 0 Å². The van der Waals surface area contributed by atoms with Gasteiger partial charge in [0.05, 0.1) is 13.1 Å². The Morgan fingerprint density at radius 3 is 2.53 bits per heavy atom. The average molecular weight is 210 g/mol. The van der Waals surface area contributed by atoms with Crippen LogP contribution in [0.3, 0.4) is 0 Å². The molecule has 1 fully saturated rings. The summed E-state index contributed by atoms with van der Waals surface area (Å²) in [6.07, 6.45) is 1.04. The molecule has 0 bridgehead atoms. The molecule has 1 N–H and O–H groups in total. The third kappa shape index (κ3) is 2.06. The highest BCUT2D eigenvalue weighted by Gasteiger charge is 2.23. The molecule has 2 amide bonds. The topological polar surface area (TPSA) is 75.2 Å². The van der Waals surface area contributed by atoms with Crippen LogP contribution in [-0.4, -0.2) is 34.9 Å². The van der Waals surface area contributed by atoms with Gasteiger partial charge in [-0.25, -0.2) is 9.97 Å². The van der Waals surface area contributed by atoms with Crippen molar-refractivity contribution in [2.75, 3.05) is 18.0 Å². The van der Waals surface area contributed by atoms with Gasteiger partial charge in [-0.2, -0.15) is 4.39 Å². The van der Waals surface area contributed by atoms with Crippen LogP contribution in [0, 0.1) is 5.95 Å². The predicted molar refractivity (Wildman–Crippen MR) is 47.4 cm³/mol. The van der Waals surface area contributed by atoms with Crippen LogP contribution >= 0.6 is 0 Å². The quantitative estimate of drug-likeness (QED) is 0.479. The zero-order valence-corrected chi connectivity index (χ0v) is 7.61. The molecule has 1 aliphatic heterocycles. The van der Waals surface area contributed by atoms with Gasteiger partial charge in [-0.15, -0.1) is 0 Å². The van der Waals surface area contributed by atoms with Gasteiger partial charge < -0.3 is 4.90 Å². The Kier molecular flexibility index (Phi) is 2.28. The molecule has 0 atom stereocenters. The summed E-state index contributed by atoms with van der Waals surface area (Å²) in [5.41, 5.74) is 0. The number of nitrogens with one attached hydrogen (secondary N) is 1. The first-order chi connectivity index (χ1) is 7.15. The van der Waals surface area contributed by atoms with E-state index in [-0.39, 0.29) is 18.9 Å². The van der Waals surface area contributed by atoms with Crippen LogP contribution in [0.25, 0.3) is 0 Å². The molecule has 0 saturated carbocycles. The van der Waals surface area contributed by atoms with E-state index in [1.165, 1.54) is 4.90 Å². The smallest absolute Gasteiger partial charge is 0.246 e. The molecule has 1 aromatic rings. The lowest BCUT2D eigenvalue weighted by atomic mass is 10.3. The van der Waals surface area contributed by atoms with Crippen LogP contribution in [0.1, 0.15) is 0 Å². The number of piperazine rings is 1. The molecular weight excluding hydrogens is 203 g/mol. The minimum atomic E-state index is -0.696. The van der Waals surface area contributed by atoms with E-state index in [2.05, 4.69) is 15.3 Å². The highest BCUT2D eigenvalue weighted by Crippen LogP contribution is 2.11. The number of amides is 2. The molecular formula is C8H7FN4O2. The second kappa shape index (κ2) is 3.60. The number of imide groups is 1. The summed E-state index contributed by atoms with van der Waals surface area (Å²) in [6, 6.07) is 1.08. The standard InChI is InChI=1S/C8H7FN4O2/c9-5-1-6(11-4-10-5)13-2-7(14)12-8(15)3-13/h1,4H,2-3H2,(H,12,14,15). The van der Waals surface area contributed by atoms with Crippen LogP contribution in [-0.2, 0) is 9.59 Å². The van der Waals surface area contributed by atoms with E-state index in [9.17, 15) is 14.0 Å². The lowest BCUT2D eigenvalue weighted by molar-refractivity contribution is -0.130. The summed E-state index contributed by atoms with van der Waals surface area (Å²) < 4.78 is 12.8. The van der Waals surface area contributed by atoms with Crippen molar-refractivity contribution < 1.29 is 14.0 Å². The van der Waals surface area contributed by atoms with Crippen molar-refractivity contribution in [1.82, 2.24) is 15.3 Å².